The maximum atomic E-state index is 15.0. The lowest BCUT2D eigenvalue weighted by Gasteiger charge is -2.27. The predicted molar refractivity (Wildman–Crippen MR) is 87.5 cm³/mol. The monoisotopic (exact) mass is 371 g/mol. The van der Waals surface area contributed by atoms with Gasteiger partial charge in [0.25, 0.3) is 12.3 Å². The van der Waals surface area contributed by atoms with Crippen LogP contribution < -0.4 is 0 Å². The zero-order chi connectivity index (χ0) is 18.1. The van der Waals surface area contributed by atoms with Crippen molar-refractivity contribution in [3.05, 3.63) is 52.3 Å². The average Bonchev–Trinajstić information content (AvgIpc) is 3.21. The number of aromatic nitrogens is 2. The predicted octanol–water partition coefficient (Wildman–Crippen LogP) is 4.33. The third-order valence-electron chi connectivity index (χ3n) is 4.38. The third-order valence-corrected chi connectivity index (χ3v) is 4.63. The number of alkyl halides is 3. The summed E-state index contributed by atoms with van der Waals surface area (Å²) in [5, 5.41) is 4.14. The zero-order valence-electron chi connectivity index (χ0n) is 13.5. The molecule has 0 aliphatic carbocycles. The highest BCUT2D eigenvalue weighted by atomic mass is 35.5. The molecule has 1 aliphatic rings. The van der Waals surface area contributed by atoms with Crippen LogP contribution in [0.4, 0.5) is 13.2 Å². The molecule has 134 valence electrons. The van der Waals surface area contributed by atoms with E-state index in [-0.39, 0.29) is 5.56 Å². The van der Waals surface area contributed by atoms with Crippen LogP contribution in [0.15, 0.2) is 30.5 Å². The zero-order valence-corrected chi connectivity index (χ0v) is 14.3. The maximum Gasteiger partial charge on any atom is 0.282 e. The molecule has 25 heavy (non-hydrogen) atoms. The summed E-state index contributed by atoms with van der Waals surface area (Å²) in [7, 11) is 1.47. The van der Waals surface area contributed by atoms with Gasteiger partial charge >= 0.3 is 0 Å². The van der Waals surface area contributed by atoms with Gasteiger partial charge in [0.15, 0.2) is 0 Å². The van der Waals surface area contributed by atoms with Crippen LogP contribution in [0.5, 0.6) is 0 Å². The Labute approximate surface area is 148 Å². The van der Waals surface area contributed by atoms with Crippen LogP contribution in [0.25, 0.3) is 0 Å². The molecule has 0 radical (unpaired) electrons. The Balaban J connectivity index is 1.86. The molecule has 3 rings (SSSR count). The van der Waals surface area contributed by atoms with Gasteiger partial charge in [-0.2, -0.15) is 5.10 Å². The first kappa shape index (κ1) is 17.8. The molecule has 2 atom stereocenters. The van der Waals surface area contributed by atoms with Gasteiger partial charge in [0.2, 0.25) is 0 Å². The highest BCUT2D eigenvalue weighted by molar-refractivity contribution is 6.30. The second-order valence-electron chi connectivity index (χ2n) is 6.06. The number of halogens is 4. The number of carbonyl (C=O) groups is 1. The number of nitrogens with zero attached hydrogens (tertiary/aromatic N) is 3. The summed E-state index contributed by atoms with van der Waals surface area (Å²) in [5.74, 6) is -0.609. The van der Waals surface area contributed by atoms with Crippen molar-refractivity contribution in [1.29, 1.82) is 0 Å². The summed E-state index contributed by atoms with van der Waals surface area (Å²) < 4.78 is 42.4. The second-order valence-corrected chi connectivity index (χ2v) is 6.50. The largest absolute Gasteiger partial charge is 0.332 e. The molecular formula is C17H17ClF3N3O. The van der Waals surface area contributed by atoms with Crippen molar-refractivity contribution in [2.45, 2.75) is 31.5 Å². The summed E-state index contributed by atoms with van der Waals surface area (Å²) in [6, 6.07) is 5.62. The van der Waals surface area contributed by atoms with Crippen LogP contribution in [0.2, 0.25) is 5.02 Å². The minimum atomic E-state index is -2.86. The van der Waals surface area contributed by atoms with Gasteiger partial charge in [-0.1, -0.05) is 23.7 Å². The first-order chi connectivity index (χ1) is 11.9. The quantitative estimate of drug-likeness (QED) is 0.802. The topological polar surface area (TPSA) is 38.1 Å². The lowest BCUT2D eigenvalue weighted by atomic mass is 10.0. The van der Waals surface area contributed by atoms with E-state index in [1.54, 1.807) is 24.3 Å². The molecule has 1 amide bonds. The molecule has 1 saturated heterocycles. The molecule has 2 aromatic rings. The number of aryl methyl sites for hydroxylation is 1. The summed E-state index contributed by atoms with van der Waals surface area (Å²) in [6.45, 7) is 0.328. The Hall–Kier alpha value is -2.02. The number of carbonyl (C=O) groups excluding carboxylic acids is 1. The molecule has 0 spiro atoms. The van der Waals surface area contributed by atoms with Gasteiger partial charge in [-0.15, -0.1) is 0 Å². The van der Waals surface area contributed by atoms with Gasteiger partial charge in [-0.3, -0.25) is 9.48 Å². The van der Waals surface area contributed by atoms with E-state index in [2.05, 4.69) is 5.10 Å². The van der Waals surface area contributed by atoms with Gasteiger partial charge in [0, 0.05) is 24.8 Å². The maximum absolute atomic E-state index is 15.0. The number of likely N-dealkylation sites (tertiary alicyclic amines) is 1. The van der Waals surface area contributed by atoms with Crippen LogP contribution in [0.3, 0.4) is 0 Å². The standard InChI is InChI=1S/C17H17ClF3N3O/c1-23-9-12(15(22-23)16(20)21)17(25)24-8-2-3-13(24)14(19)10-4-6-11(18)7-5-10/h4-7,9,13-14,16H,2-3,8H2,1H3/t13-,14?/m0/s1. The van der Waals surface area contributed by atoms with E-state index < -0.39 is 30.2 Å². The molecule has 1 unspecified atom stereocenters. The first-order valence-electron chi connectivity index (χ1n) is 7.90. The van der Waals surface area contributed by atoms with E-state index in [9.17, 15) is 18.0 Å². The van der Waals surface area contributed by atoms with Crippen molar-refractivity contribution >= 4 is 17.5 Å². The van der Waals surface area contributed by atoms with Gasteiger partial charge in [0.05, 0.1) is 11.6 Å². The summed E-state index contributed by atoms with van der Waals surface area (Å²) in [5.41, 5.74) is -0.331. The van der Waals surface area contributed by atoms with Crippen molar-refractivity contribution < 1.29 is 18.0 Å². The third kappa shape index (κ3) is 3.51. The Kier molecular flexibility index (Phi) is 5.03. The Morgan fingerprint density at radius 1 is 1.28 bits per heavy atom. The highest BCUT2D eigenvalue weighted by Crippen LogP contribution is 2.34. The number of amides is 1. The fraction of sp³-hybridized carbons (Fsp3) is 0.412. The van der Waals surface area contributed by atoms with E-state index in [1.165, 1.54) is 22.8 Å². The van der Waals surface area contributed by atoms with Gasteiger partial charge < -0.3 is 4.90 Å². The van der Waals surface area contributed by atoms with Gasteiger partial charge in [-0.25, -0.2) is 13.2 Å². The van der Waals surface area contributed by atoms with Gasteiger partial charge in [0.1, 0.15) is 11.9 Å². The fourth-order valence-corrected chi connectivity index (χ4v) is 3.33. The molecular weight excluding hydrogens is 355 g/mol. The number of hydrogen-bond donors (Lipinski definition) is 0. The van der Waals surface area contributed by atoms with Crippen LogP contribution in [0, 0.1) is 0 Å². The summed E-state index contributed by atoms with van der Waals surface area (Å²) in [4.78, 5) is 14.1. The van der Waals surface area contributed by atoms with Crippen molar-refractivity contribution in [2.75, 3.05) is 6.54 Å². The first-order valence-corrected chi connectivity index (χ1v) is 8.28. The average molecular weight is 372 g/mol. The van der Waals surface area contributed by atoms with Crippen LogP contribution in [-0.4, -0.2) is 33.2 Å². The van der Waals surface area contributed by atoms with E-state index in [0.29, 0.717) is 30.0 Å². The lowest BCUT2D eigenvalue weighted by molar-refractivity contribution is 0.0640. The van der Waals surface area contributed by atoms with Crippen molar-refractivity contribution in [2.24, 2.45) is 7.05 Å². The molecule has 4 nitrogen and oxygen atoms in total. The summed E-state index contributed by atoms with van der Waals surface area (Å²) >= 11 is 5.82. The number of hydrogen-bond acceptors (Lipinski definition) is 2. The fourth-order valence-electron chi connectivity index (χ4n) is 3.20. The smallest absolute Gasteiger partial charge is 0.282 e. The molecule has 0 saturated carbocycles. The van der Waals surface area contributed by atoms with E-state index in [4.69, 9.17) is 11.6 Å². The van der Waals surface area contributed by atoms with Crippen LogP contribution in [-0.2, 0) is 7.05 Å². The molecule has 0 N–H and O–H groups in total. The number of benzene rings is 1. The molecule has 1 fully saturated rings. The summed E-state index contributed by atoms with van der Waals surface area (Å²) in [6.07, 6.45) is -1.92. The Bertz CT molecular complexity index is 763. The van der Waals surface area contributed by atoms with Crippen molar-refractivity contribution in [3.63, 3.8) is 0 Å². The Morgan fingerprint density at radius 3 is 2.60 bits per heavy atom. The lowest BCUT2D eigenvalue weighted by Crippen LogP contribution is -2.38. The highest BCUT2D eigenvalue weighted by Gasteiger charge is 2.38. The van der Waals surface area contributed by atoms with Gasteiger partial charge in [-0.05, 0) is 30.5 Å². The second kappa shape index (κ2) is 7.07. The molecule has 8 heteroatoms. The van der Waals surface area contributed by atoms with Crippen molar-refractivity contribution in [3.8, 4) is 0 Å². The number of rotatable bonds is 4. The molecule has 1 aliphatic heterocycles. The minimum absolute atomic E-state index is 0.173. The normalized spacial score (nSPS) is 18.8. The van der Waals surface area contributed by atoms with E-state index in [0.717, 1.165) is 0 Å². The SMILES string of the molecule is Cn1cc(C(=O)N2CCC[C@H]2C(F)c2ccc(Cl)cc2)c(C(F)F)n1. The van der Waals surface area contributed by atoms with Crippen LogP contribution >= 0.6 is 11.6 Å². The van der Waals surface area contributed by atoms with E-state index in [1.807, 2.05) is 0 Å². The Morgan fingerprint density at radius 2 is 1.96 bits per heavy atom. The molecule has 2 heterocycles. The minimum Gasteiger partial charge on any atom is -0.332 e. The molecule has 1 aromatic carbocycles. The van der Waals surface area contributed by atoms with E-state index >= 15 is 0 Å². The van der Waals surface area contributed by atoms with Crippen molar-refractivity contribution in [1.82, 2.24) is 14.7 Å². The molecule has 1 aromatic heterocycles. The molecule has 0 bridgehead atoms. The van der Waals surface area contributed by atoms with Crippen LogP contribution in [0.1, 0.15) is 47.1 Å².